The first-order valence-corrected chi connectivity index (χ1v) is 10.5. The molecule has 3 aromatic carbocycles. The van der Waals surface area contributed by atoms with Crippen LogP contribution in [0.1, 0.15) is 34.8 Å². The normalized spacial score (nSPS) is 10.7. The van der Waals surface area contributed by atoms with Crippen molar-refractivity contribution in [2.75, 3.05) is 6.61 Å². The van der Waals surface area contributed by atoms with E-state index in [9.17, 15) is 4.79 Å². The Hall–Kier alpha value is -3.12. The topological polar surface area (TPSA) is 59.9 Å². The van der Waals surface area contributed by atoms with Gasteiger partial charge in [0.25, 0.3) is 5.91 Å². The Kier molecular flexibility index (Phi) is 8.03. The molecule has 0 spiro atoms. The van der Waals surface area contributed by atoms with Crippen LogP contribution in [0.4, 0.5) is 0 Å². The van der Waals surface area contributed by atoms with Gasteiger partial charge in [0.15, 0.2) is 0 Å². The minimum atomic E-state index is -0.282. The van der Waals surface area contributed by atoms with Crippen LogP contribution >= 0.6 is 15.9 Å². The molecule has 1 N–H and O–H groups in total. The number of rotatable bonds is 9. The molecule has 0 bridgehead atoms. The average Bonchev–Trinajstić information content (AvgIpc) is 2.78. The quantitative estimate of drug-likeness (QED) is 0.330. The van der Waals surface area contributed by atoms with E-state index in [-0.39, 0.29) is 5.91 Å². The molecule has 3 rings (SSSR count). The maximum absolute atomic E-state index is 12.2. The van der Waals surface area contributed by atoms with E-state index in [1.54, 1.807) is 30.5 Å². The first-order chi connectivity index (χ1) is 14.7. The van der Waals surface area contributed by atoms with Crippen LogP contribution < -0.4 is 14.9 Å². The summed E-state index contributed by atoms with van der Waals surface area (Å²) >= 11 is 3.52. The minimum Gasteiger partial charge on any atom is -0.494 e. The fourth-order valence-corrected chi connectivity index (χ4v) is 3.11. The van der Waals surface area contributed by atoms with Crippen LogP contribution in [0.5, 0.6) is 11.5 Å². The maximum Gasteiger partial charge on any atom is 0.271 e. The third kappa shape index (κ3) is 6.46. The summed E-state index contributed by atoms with van der Waals surface area (Å²) in [4.78, 5) is 12.2. The van der Waals surface area contributed by atoms with Gasteiger partial charge in [-0.05, 0) is 75.9 Å². The molecule has 0 aromatic heterocycles. The molecular formula is C24H23BrN2O3. The predicted octanol–water partition coefficient (Wildman–Crippen LogP) is 5.58. The van der Waals surface area contributed by atoms with Crippen LogP contribution in [0, 0.1) is 0 Å². The highest BCUT2D eigenvalue weighted by atomic mass is 79.9. The zero-order valence-corrected chi connectivity index (χ0v) is 18.3. The second-order valence-corrected chi connectivity index (χ2v) is 7.39. The molecular weight excluding hydrogens is 444 g/mol. The monoisotopic (exact) mass is 466 g/mol. The van der Waals surface area contributed by atoms with Gasteiger partial charge in [-0.1, -0.05) is 37.3 Å². The lowest BCUT2D eigenvalue weighted by Crippen LogP contribution is -2.17. The third-order valence-corrected chi connectivity index (χ3v) is 4.78. The fourth-order valence-electron chi connectivity index (χ4n) is 2.60. The standard InChI is InChI=1S/C24H23BrN2O3/c1-2-14-29-21-11-9-20(10-12-21)24(28)27-26-16-19-8-13-23(22(25)15-19)30-17-18-6-4-3-5-7-18/h3-13,15-16H,2,14,17H2,1H3,(H,27,28)/b26-16-. The summed E-state index contributed by atoms with van der Waals surface area (Å²) in [6.07, 6.45) is 2.52. The number of hydrazone groups is 1. The van der Waals surface area contributed by atoms with E-state index in [1.165, 1.54) is 0 Å². The van der Waals surface area contributed by atoms with Crippen molar-refractivity contribution < 1.29 is 14.3 Å². The van der Waals surface area contributed by atoms with E-state index in [4.69, 9.17) is 9.47 Å². The molecule has 3 aromatic rings. The van der Waals surface area contributed by atoms with Gasteiger partial charge in [0.1, 0.15) is 18.1 Å². The molecule has 5 nitrogen and oxygen atoms in total. The summed E-state index contributed by atoms with van der Waals surface area (Å²) in [5, 5.41) is 4.04. The summed E-state index contributed by atoms with van der Waals surface area (Å²) in [6.45, 7) is 3.19. The lowest BCUT2D eigenvalue weighted by Gasteiger charge is -2.09. The largest absolute Gasteiger partial charge is 0.494 e. The second-order valence-electron chi connectivity index (χ2n) is 6.54. The van der Waals surface area contributed by atoms with Crippen LogP contribution in [-0.4, -0.2) is 18.7 Å². The van der Waals surface area contributed by atoms with Crippen LogP contribution in [0.15, 0.2) is 82.4 Å². The van der Waals surface area contributed by atoms with E-state index < -0.39 is 0 Å². The Balaban J connectivity index is 1.53. The summed E-state index contributed by atoms with van der Waals surface area (Å²) in [7, 11) is 0. The van der Waals surface area contributed by atoms with Crippen molar-refractivity contribution in [2.45, 2.75) is 20.0 Å². The molecule has 30 heavy (non-hydrogen) atoms. The van der Waals surface area contributed by atoms with Gasteiger partial charge in [0.2, 0.25) is 0 Å². The van der Waals surface area contributed by atoms with Crippen molar-refractivity contribution in [3.63, 3.8) is 0 Å². The predicted molar refractivity (Wildman–Crippen MR) is 122 cm³/mol. The Morgan fingerprint density at radius 3 is 2.50 bits per heavy atom. The SMILES string of the molecule is CCCOc1ccc(C(=O)N/N=C\c2ccc(OCc3ccccc3)c(Br)c2)cc1. The molecule has 0 heterocycles. The van der Waals surface area contributed by atoms with Crippen LogP contribution in [0.25, 0.3) is 0 Å². The van der Waals surface area contributed by atoms with Crippen molar-refractivity contribution >= 4 is 28.1 Å². The lowest BCUT2D eigenvalue weighted by molar-refractivity contribution is 0.0955. The average molecular weight is 467 g/mol. The number of ether oxygens (including phenoxy) is 2. The number of carbonyl (C=O) groups is 1. The van der Waals surface area contributed by atoms with Gasteiger partial charge < -0.3 is 9.47 Å². The smallest absolute Gasteiger partial charge is 0.271 e. The number of amides is 1. The van der Waals surface area contributed by atoms with Gasteiger partial charge in [-0.25, -0.2) is 5.43 Å². The van der Waals surface area contributed by atoms with Gasteiger partial charge in [-0.2, -0.15) is 5.10 Å². The summed E-state index contributed by atoms with van der Waals surface area (Å²) in [5.74, 6) is 1.21. The Labute approximate surface area is 184 Å². The van der Waals surface area contributed by atoms with E-state index in [0.29, 0.717) is 18.8 Å². The van der Waals surface area contributed by atoms with Crippen LogP contribution in [0.2, 0.25) is 0 Å². The highest BCUT2D eigenvalue weighted by Gasteiger charge is 2.05. The zero-order valence-electron chi connectivity index (χ0n) is 16.7. The zero-order chi connectivity index (χ0) is 21.2. The Morgan fingerprint density at radius 1 is 1.03 bits per heavy atom. The summed E-state index contributed by atoms with van der Waals surface area (Å²) < 4.78 is 12.2. The van der Waals surface area contributed by atoms with Crippen molar-refractivity contribution in [1.29, 1.82) is 0 Å². The Morgan fingerprint density at radius 2 is 1.80 bits per heavy atom. The fraction of sp³-hybridized carbons (Fsp3) is 0.167. The van der Waals surface area contributed by atoms with Gasteiger partial charge in [-0.3, -0.25) is 4.79 Å². The third-order valence-electron chi connectivity index (χ3n) is 4.16. The number of hydrogen-bond donors (Lipinski definition) is 1. The molecule has 1 amide bonds. The molecule has 6 heteroatoms. The van der Waals surface area contributed by atoms with E-state index in [0.717, 1.165) is 33.5 Å². The molecule has 0 saturated carbocycles. The number of hydrogen-bond acceptors (Lipinski definition) is 4. The van der Waals surface area contributed by atoms with Crippen LogP contribution in [0.3, 0.4) is 0 Å². The first kappa shape index (κ1) is 21.6. The number of nitrogens with zero attached hydrogens (tertiary/aromatic N) is 1. The lowest BCUT2D eigenvalue weighted by atomic mass is 10.2. The maximum atomic E-state index is 12.2. The molecule has 0 radical (unpaired) electrons. The van der Waals surface area contributed by atoms with E-state index >= 15 is 0 Å². The van der Waals surface area contributed by atoms with Crippen molar-refractivity contribution in [3.8, 4) is 11.5 Å². The number of nitrogens with one attached hydrogen (secondary N) is 1. The van der Waals surface area contributed by atoms with Crippen molar-refractivity contribution in [2.24, 2.45) is 5.10 Å². The van der Waals surface area contributed by atoms with Crippen molar-refractivity contribution in [1.82, 2.24) is 5.43 Å². The Bertz CT molecular complexity index is 989. The highest BCUT2D eigenvalue weighted by molar-refractivity contribution is 9.10. The first-order valence-electron chi connectivity index (χ1n) is 9.68. The van der Waals surface area contributed by atoms with Crippen LogP contribution in [-0.2, 0) is 6.61 Å². The molecule has 0 saturated heterocycles. The van der Waals surface area contributed by atoms with Gasteiger partial charge in [0, 0.05) is 5.56 Å². The second kappa shape index (κ2) is 11.2. The number of halogens is 1. The molecule has 0 aliphatic carbocycles. The van der Waals surface area contributed by atoms with Gasteiger partial charge >= 0.3 is 0 Å². The van der Waals surface area contributed by atoms with Crippen molar-refractivity contribution in [3.05, 3.63) is 94.0 Å². The number of carbonyl (C=O) groups excluding carboxylic acids is 1. The number of benzene rings is 3. The molecule has 0 aliphatic rings. The summed E-state index contributed by atoms with van der Waals surface area (Å²) in [5.41, 5.74) is 4.98. The van der Waals surface area contributed by atoms with E-state index in [1.807, 2.05) is 55.5 Å². The molecule has 0 fully saturated rings. The minimum absolute atomic E-state index is 0.282. The molecule has 154 valence electrons. The molecule has 0 aliphatic heterocycles. The van der Waals surface area contributed by atoms with Gasteiger partial charge in [0.05, 0.1) is 17.3 Å². The molecule has 0 unspecified atom stereocenters. The summed E-state index contributed by atoms with van der Waals surface area (Å²) in [6, 6.07) is 22.6. The van der Waals surface area contributed by atoms with E-state index in [2.05, 4.69) is 26.5 Å². The molecule has 0 atom stereocenters. The van der Waals surface area contributed by atoms with Gasteiger partial charge in [-0.15, -0.1) is 0 Å². The highest BCUT2D eigenvalue weighted by Crippen LogP contribution is 2.26.